The molecule has 1 aliphatic heterocycles. The minimum absolute atomic E-state index is 0.125. The Labute approximate surface area is 125 Å². The van der Waals surface area contributed by atoms with Gasteiger partial charge in [-0.25, -0.2) is 9.97 Å². The molecule has 0 aliphatic carbocycles. The molecule has 0 radical (unpaired) electrons. The Morgan fingerprint density at radius 3 is 2.67 bits per heavy atom. The second kappa shape index (κ2) is 7.06. The average molecular weight is 290 g/mol. The van der Waals surface area contributed by atoms with Crippen LogP contribution in [0, 0.1) is 6.92 Å². The van der Waals surface area contributed by atoms with Crippen molar-refractivity contribution in [2.45, 2.75) is 20.8 Å². The van der Waals surface area contributed by atoms with Gasteiger partial charge in [-0.15, -0.1) is 0 Å². The number of nitrogens with zero attached hydrogens (tertiary/aromatic N) is 4. The standard InChI is InChI=1S/C15H22N4O2/c1-4-21-10-5-14-11-12(2)16-15(17-14)19-8-6-18(7-9-19)13(3)20/h5,10-11H,4,6-9H2,1-3H3/b10-5+. The summed E-state index contributed by atoms with van der Waals surface area (Å²) in [7, 11) is 0. The SMILES string of the molecule is CCO/C=C/c1cc(C)nc(N2CCN(C(C)=O)CC2)n1. The Kier molecular flexibility index (Phi) is 5.14. The highest BCUT2D eigenvalue weighted by Gasteiger charge is 2.20. The smallest absolute Gasteiger partial charge is 0.226 e. The van der Waals surface area contributed by atoms with Crippen molar-refractivity contribution in [2.75, 3.05) is 37.7 Å². The fourth-order valence-corrected chi connectivity index (χ4v) is 2.24. The summed E-state index contributed by atoms with van der Waals surface area (Å²) >= 11 is 0. The molecule has 6 nitrogen and oxygen atoms in total. The first-order valence-electron chi connectivity index (χ1n) is 7.24. The van der Waals surface area contributed by atoms with Gasteiger partial charge in [0, 0.05) is 38.8 Å². The lowest BCUT2D eigenvalue weighted by atomic mass is 10.3. The Balaban J connectivity index is 2.08. The molecule has 1 amide bonds. The third-order valence-corrected chi connectivity index (χ3v) is 3.37. The van der Waals surface area contributed by atoms with Gasteiger partial charge in [0.15, 0.2) is 0 Å². The lowest BCUT2D eigenvalue weighted by Gasteiger charge is -2.34. The fraction of sp³-hybridized carbons (Fsp3) is 0.533. The zero-order valence-corrected chi connectivity index (χ0v) is 12.9. The van der Waals surface area contributed by atoms with Gasteiger partial charge in [0.2, 0.25) is 11.9 Å². The molecule has 0 atom stereocenters. The van der Waals surface area contributed by atoms with Crippen LogP contribution in [-0.2, 0) is 9.53 Å². The van der Waals surface area contributed by atoms with Crippen LogP contribution in [0.3, 0.4) is 0 Å². The first-order chi connectivity index (χ1) is 10.1. The first-order valence-corrected chi connectivity index (χ1v) is 7.24. The minimum Gasteiger partial charge on any atom is -0.501 e. The van der Waals surface area contributed by atoms with Crippen LogP contribution < -0.4 is 4.90 Å². The molecule has 0 aromatic carbocycles. The number of carbonyl (C=O) groups excluding carboxylic acids is 1. The molecule has 0 bridgehead atoms. The quantitative estimate of drug-likeness (QED) is 0.786. The van der Waals surface area contributed by atoms with Crippen molar-refractivity contribution in [1.82, 2.24) is 14.9 Å². The van der Waals surface area contributed by atoms with Crippen LogP contribution in [0.4, 0.5) is 5.95 Å². The summed E-state index contributed by atoms with van der Waals surface area (Å²) in [6, 6.07) is 1.92. The lowest BCUT2D eigenvalue weighted by Crippen LogP contribution is -2.48. The third kappa shape index (κ3) is 4.18. The van der Waals surface area contributed by atoms with E-state index in [2.05, 4.69) is 14.9 Å². The van der Waals surface area contributed by atoms with E-state index in [1.165, 1.54) is 0 Å². The van der Waals surface area contributed by atoms with Crippen molar-refractivity contribution in [3.63, 3.8) is 0 Å². The number of rotatable bonds is 4. The van der Waals surface area contributed by atoms with Crippen LogP contribution in [-0.4, -0.2) is 53.6 Å². The van der Waals surface area contributed by atoms with Gasteiger partial charge in [-0.1, -0.05) is 0 Å². The van der Waals surface area contributed by atoms with Crippen molar-refractivity contribution < 1.29 is 9.53 Å². The summed E-state index contributed by atoms with van der Waals surface area (Å²) in [4.78, 5) is 24.4. The highest BCUT2D eigenvalue weighted by atomic mass is 16.5. The van der Waals surface area contributed by atoms with E-state index in [-0.39, 0.29) is 5.91 Å². The molecule has 1 aliphatic rings. The highest BCUT2D eigenvalue weighted by molar-refractivity contribution is 5.73. The normalized spacial score (nSPS) is 15.6. The van der Waals surface area contributed by atoms with E-state index in [4.69, 9.17) is 4.74 Å². The Morgan fingerprint density at radius 2 is 2.05 bits per heavy atom. The third-order valence-electron chi connectivity index (χ3n) is 3.37. The molecule has 2 heterocycles. The van der Waals surface area contributed by atoms with Crippen molar-refractivity contribution in [2.24, 2.45) is 0 Å². The maximum atomic E-state index is 11.4. The molecule has 6 heteroatoms. The lowest BCUT2D eigenvalue weighted by molar-refractivity contribution is -0.129. The van der Waals surface area contributed by atoms with E-state index < -0.39 is 0 Å². The second-order valence-electron chi connectivity index (χ2n) is 4.99. The zero-order valence-electron chi connectivity index (χ0n) is 12.9. The molecular formula is C15H22N4O2. The van der Waals surface area contributed by atoms with E-state index in [9.17, 15) is 4.79 Å². The molecular weight excluding hydrogens is 268 g/mol. The van der Waals surface area contributed by atoms with E-state index in [1.54, 1.807) is 13.2 Å². The van der Waals surface area contributed by atoms with E-state index in [0.29, 0.717) is 12.6 Å². The van der Waals surface area contributed by atoms with Gasteiger partial charge in [-0.2, -0.15) is 0 Å². The van der Waals surface area contributed by atoms with Crippen LogP contribution in [0.15, 0.2) is 12.3 Å². The summed E-state index contributed by atoms with van der Waals surface area (Å²) in [5, 5.41) is 0. The molecule has 0 N–H and O–H groups in total. The number of aryl methyl sites for hydroxylation is 1. The molecule has 1 saturated heterocycles. The van der Waals surface area contributed by atoms with Crippen LogP contribution in [0.1, 0.15) is 25.2 Å². The molecule has 0 unspecified atom stereocenters. The first kappa shape index (κ1) is 15.3. The molecule has 2 rings (SSSR count). The molecule has 1 aromatic rings. The predicted octanol–water partition coefficient (Wildman–Crippen LogP) is 1.46. The molecule has 0 spiro atoms. The van der Waals surface area contributed by atoms with E-state index in [0.717, 1.165) is 37.6 Å². The van der Waals surface area contributed by atoms with Crippen LogP contribution in [0.25, 0.3) is 6.08 Å². The number of amides is 1. The highest BCUT2D eigenvalue weighted by Crippen LogP contribution is 2.14. The molecule has 0 saturated carbocycles. The Hall–Kier alpha value is -2.11. The molecule has 1 aromatic heterocycles. The predicted molar refractivity (Wildman–Crippen MR) is 81.9 cm³/mol. The van der Waals surface area contributed by atoms with Gasteiger partial charge in [-0.05, 0) is 26.0 Å². The summed E-state index contributed by atoms with van der Waals surface area (Å²) in [5.41, 5.74) is 1.75. The summed E-state index contributed by atoms with van der Waals surface area (Å²) in [5.74, 6) is 0.842. The monoisotopic (exact) mass is 290 g/mol. The van der Waals surface area contributed by atoms with Crippen molar-refractivity contribution in [3.05, 3.63) is 23.7 Å². The fourth-order valence-electron chi connectivity index (χ4n) is 2.24. The topological polar surface area (TPSA) is 58.6 Å². The number of ether oxygens (including phenoxy) is 1. The maximum absolute atomic E-state index is 11.4. The van der Waals surface area contributed by atoms with Crippen LogP contribution >= 0.6 is 0 Å². The van der Waals surface area contributed by atoms with E-state index >= 15 is 0 Å². The molecule has 114 valence electrons. The van der Waals surface area contributed by atoms with Gasteiger partial charge in [0.1, 0.15) is 0 Å². The average Bonchev–Trinajstić information content (AvgIpc) is 2.47. The van der Waals surface area contributed by atoms with Gasteiger partial charge in [-0.3, -0.25) is 4.79 Å². The maximum Gasteiger partial charge on any atom is 0.226 e. The van der Waals surface area contributed by atoms with Crippen LogP contribution in [0.2, 0.25) is 0 Å². The largest absolute Gasteiger partial charge is 0.501 e. The van der Waals surface area contributed by atoms with Gasteiger partial charge >= 0.3 is 0 Å². The number of piperazine rings is 1. The minimum atomic E-state index is 0.125. The Bertz CT molecular complexity index is 522. The van der Waals surface area contributed by atoms with Gasteiger partial charge in [0.25, 0.3) is 0 Å². The van der Waals surface area contributed by atoms with Gasteiger partial charge in [0.05, 0.1) is 18.6 Å². The summed E-state index contributed by atoms with van der Waals surface area (Å²) < 4.78 is 5.20. The second-order valence-corrected chi connectivity index (χ2v) is 4.99. The Morgan fingerprint density at radius 1 is 1.33 bits per heavy atom. The number of hydrogen-bond donors (Lipinski definition) is 0. The van der Waals surface area contributed by atoms with Gasteiger partial charge < -0.3 is 14.5 Å². The number of hydrogen-bond acceptors (Lipinski definition) is 5. The van der Waals surface area contributed by atoms with Crippen molar-refractivity contribution in [1.29, 1.82) is 0 Å². The number of aromatic nitrogens is 2. The van der Waals surface area contributed by atoms with Crippen LogP contribution in [0.5, 0.6) is 0 Å². The summed E-state index contributed by atoms with van der Waals surface area (Å²) in [6.45, 7) is 9.10. The van der Waals surface area contributed by atoms with Crippen molar-refractivity contribution >= 4 is 17.9 Å². The molecule has 1 fully saturated rings. The van der Waals surface area contributed by atoms with Crippen molar-refractivity contribution in [3.8, 4) is 0 Å². The van der Waals surface area contributed by atoms with E-state index in [1.807, 2.05) is 30.9 Å². The number of anilines is 1. The zero-order chi connectivity index (χ0) is 15.2. The molecule has 21 heavy (non-hydrogen) atoms. The summed E-state index contributed by atoms with van der Waals surface area (Å²) in [6.07, 6.45) is 3.49. The number of carbonyl (C=O) groups is 1.